The van der Waals surface area contributed by atoms with Crippen LogP contribution in [0.2, 0.25) is 0 Å². The summed E-state index contributed by atoms with van der Waals surface area (Å²) in [5.74, 6) is 1.73. The molecule has 1 aliphatic carbocycles. The number of aryl methyl sites for hydroxylation is 1. The van der Waals surface area contributed by atoms with Gasteiger partial charge < -0.3 is 14.6 Å². The standard InChI is InChI=1S/C15H22O3/c1-9-6-12(17-4)13(18-5)7-10(9)14(16)11-8-15(11,2)3/h6-7,11,14,16H,8H2,1-5H3. The Bertz CT molecular complexity index is 451. The second-order valence-corrected chi connectivity index (χ2v) is 5.81. The number of ether oxygens (including phenoxy) is 2. The monoisotopic (exact) mass is 250 g/mol. The minimum atomic E-state index is -0.417. The Morgan fingerprint density at radius 1 is 1.22 bits per heavy atom. The third-order valence-corrected chi connectivity index (χ3v) is 4.06. The molecule has 0 spiro atoms. The average Bonchev–Trinajstić information content (AvgIpc) is 2.97. The van der Waals surface area contributed by atoms with Crippen LogP contribution in [0, 0.1) is 18.3 Å². The molecular formula is C15H22O3. The van der Waals surface area contributed by atoms with E-state index in [0.29, 0.717) is 17.4 Å². The van der Waals surface area contributed by atoms with Crippen molar-refractivity contribution < 1.29 is 14.6 Å². The lowest BCUT2D eigenvalue weighted by Crippen LogP contribution is -2.07. The van der Waals surface area contributed by atoms with Crippen molar-refractivity contribution in [2.24, 2.45) is 11.3 Å². The summed E-state index contributed by atoms with van der Waals surface area (Å²) in [5, 5.41) is 10.5. The largest absolute Gasteiger partial charge is 0.493 e. The molecule has 18 heavy (non-hydrogen) atoms. The van der Waals surface area contributed by atoms with Crippen LogP contribution in [0.15, 0.2) is 12.1 Å². The van der Waals surface area contributed by atoms with Crippen molar-refractivity contribution in [2.45, 2.75) is 33.3 Å². The molecule has 0 aromatic heterocycles. The van der Waals surface area contributed by atoms with Crippen LogP contribution in [-0.4, -0.2) is 19.3 Å². The fourth-order valence-electron chi connectivity index (χ4n) is 2.58. The third kappa shape index (κ3) is 2.19. The number of methoxy groups -OCH3 is 2. The number of rotatable bonds is 4. The maximum atomic E-state index is 10.5. The smallest absolute Gasteiger partial charge is 0.161 e. The van der Waals surface area contributed by atoms with Gasteiger partial charge in [-0.25, -0.2) is 0 Å². The summed E-state index contributed by atoms with van der Waals surface area (Å²) >= 11 is 0. The van der Waals surface area contributed by atoms with Gasteiger partial charge in [-0.05, 0) is 47.9 Å². The summed E-state index contributed by atoms with van der Waals surface area (Å²) in [6.07, 6.45) is 0.655. The molecule has 1 fully saturated rings. The van der Waals surface area contributed by atoms with Crippen LogP contribution in [0.1, 0.15) is 37.5 Å². The van der Waals surface area contributed by atoms with E-state index in [1.807, 2.05) is 19.1 Å². The van der Waals surface area contributed by atoms with E-state index < -0.39 is 6.10 Å². The van der Waals surface area contributed by atoms with E-state index in [-0.39, 0.29) is 5.41 Å². The van der Waals surface area contributed by atoms with Gasteiger partial charge in [0.15, 0.2) is 11.5 Å². The third-order valence-electron chi connectivity index (χ3n) is 4.06. The zero-order valence-corrected chi connectivity index (χ0v) is 11.8. The topological polar surface area (TPSA) is 38.7 Å². The molecule has 0 bridgehead atoms. The molecule has 3 nitrogen and oxygen atoms in total. The Labute approximate surface area is 109 Å². The molecule has 0 heterocycles. The van der Waals surface area contributed by atoms with Crippen molar-refractivity contribution in [2.75, 3.05) is 14.2 Å². The van der Waals surface area contributed by atoms with Crippen LogP contribution >= 0.6 is 0 Å². The van der Waals surface area contributed by atoms with Gasteiger partial charge in [-0.2, -0.15) is 0 Å². The van der Waals surface area contributed by atoms with Gasteiger partial charge in [0.1, 0.15) is 0 Å². The van der Waals surface area contributed by atoms with E-state index in [1.165, 1.54) is 0 Å². The fourth-order valence-corrected chi connectivity index (χ4v) is 2.58. The first-order valence-electron chi connectivity index (χ1n) is 6.31. The van der Waals surface area contributed by atoms with E-state index in [1.54, 1.807) is 14.2 Å². The molecule has 0 aliphatic heterocycles. The van der Waals surface area contributed by atoms with Crippen LogP contribution < -0.4 is 9.47 Å². The summed E-state index contributed by atoms with van der Waals surface area (Å²) in [7, 11) is 3.24. The number of hydrogen-bond donors (Lipinski definition) is 1. The normalized spacial score (nSPS) is 22.4. The van der Waals surface area contributed by atoms with Crippen LogP contribution in [0.3, 0.4) is 0 Å². The van der Waals surface area contributed by atoms with Crippen molar-refractivity contribution in [1.29, 1.82) is 0 Å². The number of benzene rings is 1. The van der Waals surface area contributed by atoms with Gasteiger partial charge in [-0.1, -0.05) is 13.8 Å². The molecular weight excluding hydrogens is 228 g/mol. The molecule has 0 saturated heterocycles. The number of hydrogen-bond acceptors (Lipinski definition) is 3. The average molecular weight is 250 g/mol. The minimum absolute atomic E-state index is 0.249. The molecule has 1 N–H and O–H groups in total. The van der Waals surface area contributed by atoms with Crippen molar-refractivity contribution in [3.8, 4) is 11.5 Å². The first-order chi connectivity index (χ1) is 8.40. The number of aliphatic hydroxyl groups excluding tert-OH is 1. The Balaban J connectivity index is 2.33. The maximum Gasteiger partial charge on any atom is 0.161 e. The Kier molecular flexibility index (Phi) is 3.28. The van der Waals surface area contributed by atoms with Crippen LogP contribution in [0.25, 0.3) is 0 Å². The highest BCUT2D eigenvalue weighted by Crippen LogP contribution is 2.58. The first-order valence-corrected chi connectivity index (χ1v) is 6.31. The Morgan fingerprint density at radius 3 is 2.17 bits per heavy atom. The van der Waals surface area contributed by atoms with Crippen LogP contribution in [0.5, 0.6) is 11.5 Å². The summed E-state index contributed by atoms with van der Waals surface area (Å²) in [6.45, 7) is 6.38. The highest BCUT2D eigenvalue weighted by atomic mass is 16.5. The molecule has 1 aromatic carbocycles. The lowest BCUT2D eigenvalue weighted by Gasteiger charge is -2.18. The summed E-state index contributed by atoms with van der Waals surface area (Å²) in [4.78, 5) is 0. The SMILES string of the molecule is COc1cc(C)c(C(O)C2CC2(C)C)cc1OC. The van der Waals surface area contributed by atoms with Crippen molar-refractivity contribution in [1.82, 2.24) is 0 Å². The van der Waals surface area contributed by atoms with E-state index >= 15 is 0 Å². The van der Waals surface area contributed by atoms with E-state index in [4.69, 9.17) is 9.47 Å². The van der Waals surface area contributed by atoms with E-state index in [0.717, 1.165) is 17.5 Å². The van der Waals surface area contributed by atoms with Crippen molar-refractivity contribution in [3.05, 3.63) is 23.3 Å². The molecule has 0 amide bonds. The molecule has 1 aromatic rings. The summed E-state index contributed by atoms with van der Waals surface area (Å²) in [6, 6.07) is 3.82. The molecule has 3 heteroatoms. The Morgan fingerprint density at radius 2 is 1.72 bits per heavy atom. The number of aliphatic hydroxyl groups is 1. The van der Waals surface area contributed by atoms with Crippen molar-refractivity contribution in [3.63, 3.8) is 0 Å². The lowest BCUT2D eigenvalue weighted by atomic mass is 9.95. The van der Waals surface area contributed by atoms with Crippen molar-refractivity contribution >= 4 is 0 Å². The Hall–Kier alpha value is -1.22. The maximum absolute atomic E-state index is 10.5. The van der Waals surface area contributed by atoms with Gasteiger partial charge in [0.25, 0.3) is 0 Å². The van der Waals surface area contributed by atoms with Gasteiger partial charge in [0, 0.05) is 0 Å². The predicted molar refractivity (Wildman–Crippen MR) is 71.1 cm³/mol. The van der Waals surface area contributed by atoms with Crippen LogP contribution in [-0.2, 0) is 0 Å². The molecule has 2 rings (SSSR count). The second-order valence-electron chi connectivity index (χ2n) is 5.81. The van der Waals surface area contributed by atoms with Gasteiger partial charge in [0.05, 0.1) is 20.3 Å². The molecule has 1 saturated carbocycles. The molecule has 100 valence electrons. The highest BCUT2D eigenvalue weighted by molar-refractivity contribution is 5.48. The highest BCUT2D eigenvalue weighted by Gasteiger charge is 2.50. The second kappa shape index (κ2) is 4.47. The quantitative estimate of drug-likeness (QED) is 0.892. The summed E-state index contributed by atoms with van der Waals surface area (Å²) in [5.41, 5.74) is 2.24. The first kappa shape index (κ1) is 13.2. The molecule has 2 unspecified atom stereocenters. The van der Waals surface area contributed by atoms with E-state index in [9.17, 15) is 5.11 Å². The van der Waals surface area contributed by atoms with E-state index in [2.05, 4.69) is 13.8 Å². The zero-order valence-electron chi connectivity index (χ0n) is 11.8. The predicted octanol–water partition coefficient (Wildman–Crippen LogP) is 3.09. The van der Waals surface area contributed by atoms with Crippen LogP contribution in [0.4, 0.5) is 0 Å². The summed E-state index contributed by atoms with van der Waals surface area (Å²) < 4.78 is 10.6. The molecule has 2 atom stereocenters. The molecule has 1 aliphatic rings. The minimum Gasteiger partial charge on any atom is -0.493 e. The van der Waals surface area contributed by atoms with Gasteiger partial charge in [-0.15, -0.1) is 0 Å². The zero-order chi connectivity index (χ0) is 13.5. The molecule has 0 radical (unpaired) electrons. The van der Waals surface area contributed by atoms with Gasteiger partial charge >= 0.3 is 0 Å². The lowest BCUT2D eigenvalue weighted by molar-refractivity contribution is 0.137. The van der Waals surface area contributed by atoms with Gasteiger partial charge in [-0.3, -0.25) is 0 Å². The van der Waals surface area contributed by atoms with Gasteiger partial charge in [0.2, 0.25) is 0 Å². The fraction of sp³-hybridized carbons (Fsp3) is 0.600.